The lowest BCUT2D eigenvalue weighted by Crippen LogP contribution is -2.01. The Bertz CT molecular complexity index is 817. The molecule has 0 saturated heterocycles. The Kier molecular flexibility index (Phi) is 6.43. The van der Waals surface area contributed by atoms with Gasteiger partial charge in [-0.2, -0.15) is 0 Å². The molecule has 138 valence electrons. The van der Waals surface area contributed by atoms with Crippen molar-refractivity contribution in [2.24, 2.45) is 0 Å². The molecule has 0 radical (unpaired) electrons. The van der Waals surface area contributed by atoms with E-state index in [1.54, 1.807) is 38.3 Å². The van der Waals surface area contributed by atoms with Crippen LogP contribution in [0.25, 0.3) is 6.08 Å². The molecule has 0 saturated carbocycles. The van der Waals surface area contributed by atoms with Crippen molar-refractivity contribution in [3.8, 4) is 11.5 Å². The average Bonchev–Trinajstić information content (AvgIpc) is 3.04. The molecule has 0 aliphatic rings. The Morgan fingerprint density at radius 1 is 1.12 bits per heavy atom. The predicted molar refractivity (Wildman–Crippen MR) is 93.2 cm³/mol. The highest BCUT2D eigenvalue weighted by atomic mass is 16.5. The molecule has 1 aromatic heterocycles. The van der Waals surface area contributed by atoms with Crippen molar-refractivity contribution in [3.05, 3.63) is 53.0 Å². The summed E-state index contributed by atoms with van der Waals surface area (Å²) in [6, 6.07) is 6.72. The minimum absolute atomic E-state index is 0.101. The van der Waals surface area contributed by atoms with E-state index in [1.807, 2.05) is 0 Å². The summed E-state index contributed by atoms with van der Waals surface area (Å²) in [5.74, 6) is 0.917. The molecule has 0 amide bonds. The topological polar surface area (TPSA) is 84.2 Å². The minimum atomic E-state index is -0.566. The Labute approximate surface area is 151 Å². The third kappa shape index (κ3) is 4.66. The van der Waals surface area contributed by atoms with E-state index in [4.69, 9.17) is 18.6 Å². The summed E-state index contributed by atoms with van der Waals surface area (Å²) in [4.78, 5) is 23.4. The molecule has 26 heavy (non-hydrogen) atoms. The average molecular weight is 360 g/mol. The summed E-state index contributed by atoms with van der Waals surface area (Å²) in [6.07, 6.45) is 2.84. The van der Waals surface area contributed by atoms with Crippen molar-refractivity contribution in [1.82, 2.24) is 0 Å². The highest BCUT2D eigenvalue weighted by molar-refractivity contribution is 5.90. The van der Waals surface area contributed by atoms with Gasteiger partial charge in [0.25, 0.3) is 0 Å². The number of esters is 2. The van der Waals surface area contributed by atoms with Crippen molar-refractivity contribution in [3.63, 3.8) is 0 Å². The monoisotopic (exact) mass is 360 g/mol. The first kappa shape index (κ1) is 19.1. The van der Waals surface area contributed by atoms with Gasteiger partial charge in [-0.15, -0.1) is 0 Å². The van der Waals surface area contributed by atoms with E-state index in [2.05, 4.69) is 4.74 Å². The summed E-state index contributed by atoms with van der Waals surface area (Å²) < 4.78 is 25.5. The molecule has 7 heteroatoms. The van der Waals surface area contributed by atoms with Crippen LogP contribution in [0.4, 0.5) is 0 Å². The van der Waals surface area contributed by atoms with Crippen LogP contribution in [0.2, 0.25) is 0 Å². The maximum Gasteiger partial charge on any atom is 0.341 e. The number of carbonyl (C=O) groups excluding carboxylic acids is 2. The van der Waals surface area contributed by atoms with Gasteiger partial charge in [-0.3, -0.25) is 0 Å². The molecule has 1 aromatic carbocycles. The number of aryl methyl sites for hydroxylation is 1. The Balaban J connectivity index is 2.01. The number of carbonyl (C=O) groups is 2. The fourth-order valence-corrected chi connectivity index (χ4v) is 2.25. The SMILES string of the molecule is COC(=O)c1cc(COC(=O)/C=C/c2cc(OC)ccc2OC)oc1C. The number of rotatable bonds is 7. The lowest BCUT2D eigenvalue weighted by molar-refractivity contribution is -0.139. The molecule has 7 nitrogen and oxygen atoms in total. The summed E-state index contributed by atoms with van der Waals surface area (Å²) in [6.45, 7) is 1.53. The molecule has 0 fully saturated rings. The maximum absolute atomic E-state index is 11.9. The molecule has 0 atom stereocenters. The lowest BCUT2D eigenvalue weighted by Gasteiger charge is -2.07. The van der Waals surface area contributed by atoms with Gasteiger partial charge in [-0.05, 0) is 37.3 Å². The van der Waals surface area contributed by atoms with E-state index in [-0.39, 0.29) is 6.61 Å². The Morgan fingerprint density at radius 2 is 1.88 bits per heavy atom. The van der Waals surface area contributed by atoms with Gasteiger partial charge >= 0.3 is 11.9 Å². The summed E-state index contributed by atoms with van der Waals surface area (Å²) in [5, 5.41) is 0. The van der Waals surface area contributed by atoms with Crippen molar-refractivity contribution >= 4 is 18.0 Å². The van der Waals surface area contributed by atoms with Gasteiger partial charge in [0.1, 0.15) is 35.2 Å². The van der Waals surface area contributed by atoms with Crippen LogP contribution in [0.3, 0.4) is 0 Å². The maximum atomic E-state index is 11.9. The molecular weight excluding hydrogens is 340 g/mol. The number of benzene rings is 1. The zero-order chi connectivity index (χ0) is 19.1. The quantitative estimate of drug-likeness (QED) is 0.554. The molecule has 0 aliphatic carbocycles. The second-order valence-corrected chi connectivity index (χ2v) is 5.22. The van der Waals surface area contributed by atoms with E-state index in [0.717, 1.165) is 0 Å². The van der Waals surface area contributed by atoms with Crippen molar-refractivity contribution in [2.45, 2.75) is 13.5 Å². The molecule has 0 aliphatic heterocycles. The largest absolute Gasteiger partial charge is 0.497 e. The summed E-state index contributed by atoms with van der Waals surface area (Å²) in [5.41, 5.74) is 0.973. The zero-order valence-electron chi connectivity index (χ0n) is 15.0. The molecule has 1 heterocycles. The van der Waals surface area contributed by atoms with Crippen LogP contribution in [0.5, 0.6) is 11.5 Å². The highest BCUT2D eigenvalue weighted by Gasteiger charge is 2.16. The minimum Gasteiger partial charge on any atom is -0.497 e. The summed E-state index contributed by atoms with van der Waals surface area (Å²) >= 11 is 0. The van der Waals surface area contributed by atoms with E-state index < -0.39 is 11.9 Å². The first-order chi connectivity index (χ1) is 12.5. The number of methoxy groups -OCH3 is 3. The van der Waals surface area contributed by atoms with Crippen molar-refractivity contribution in [1.29, 1.82) is 0 Å². The third-order valence-corrected chi connectivity index (χ3v) is 3.57. The molecular formula is C19H20O7. The first-order valence-electron chi connectivity index (χ1n) is 7.73. The van der Waals surface area contributed by atoms with E-state index >= 15 is 0 Å². The van der Waals surface area contributed by atoms with Gasteiger partial charge in [0.05, 0.1) is 21.3 Å². The smallest absolute Gasteiger partial charge is 0.341 e. The standard InChI is InChI=1S/C19H20O7/c1-12-16(19(21)24-4)10-15(26-12)11-25-18(20)8-5-13-9-14(22-2)6-7-17(13)23-3/h5-10H,11H2,1-4H3/b8-5+. The van der Waals surface area contributed by atoms with Crippen LogP contribution in [-0.2, 0) is 20.9 Å². The Hall–Kier alpha value is -3.22. The van der Waals surface area contributed by atoms with E-state index in [1.165, 1.54) is 26.4 Å². The third-order valence-electron chi connectivity index (χ3n) is 3.57. The lowest BCUT2D eigenvalue weighted by atomic mass is 10.1. The fraction of sp³-hybridized carbons (Fsp3) is 0.263. The molecule has 0 N–H and O–H groups in total. The van der Waals surface area contributed by atoms with Gasteiger partial charge in [-0.25, -0.2) is 9.59 Å². The summed E-state index contributed by atoms with van der Waals surface area (Å²) in [7, 11) is 4.37. The van der Waals surface area contributed by atoms with Crippen LogP contribution >= 0.6 is 0 Å². The van der Waals surface area contributed by atoms with Gasteiger partial charge < -0.3 is 23.4 Å². The van der Waals surface area contributed by atoms with Gasteiger partial charge in [0.15, 0.2) is 0 Å². The first-order valence-corrected chi connectivity index (χ1v) is 7.73. The van der Waals surface area contributed by atoms with E-state index in [9.17, 15) is 9.59 Å². The molecule has 2 aromatic rings. The van der Waals surface area contributed by atoms with Crippen LogP contribution in [-0.4, -0.2) is 33.3 Å². The Morgan fingerprint density at radius 3 is 2.54 bits per heavy atom. The molecule has 2 rings (SSSR count). The fourth-order valence-electron chi connectivity index (χ4n) is 2.25. The van der Waals surface area contributed by atoms with Crippen LogP contribution < -0.4 is 9.47 Å². The van der Waals surface area contributed by atoms with Crippen molar-refractivity contribution in [2.75, 3.05) is 21.3 Å². The van der Waals surface area contributed by atoms with Gasteiger partial charge in [-0.1, -0.05) is 0 Å². The highest BCUT2D eigenvalue weighted by Crippen LogP contribution is 2.25. The van der Waals surface area contributed by atoms with E-state index in [0.29, 0.717) is 34.1 Å². The zero-order valence-corrected chi connectivity index (χ0v) is 15.0. The number of ether oxygens (including phenoxy) is 4. The second kappa shape index (κ2) is 8.75. The second-order valence-electron chi connectivity index (χ2n) is 5.22. The predicted octanol–water partition coefficient (Wildman–Crippen LogP) is 3.15. The number of furan rings is 1. The molecule has 0 bridgehead atoms. The van der Waals surface area contributed by atoms with Gasteiger partial charge in [0, 0.05) is 11.6 Å². The normalized spacial score (nSPS) is 10.6. The molecule has 0 spiro atoms. The van der Waals surface area contributed by atoms with Gasteiger partial charge in [0.2, 0.25) is 0 Å². The molecule has 0 unspecified atom stereocenters. The van der Waals surface area contributed by atoms with Crippen LogP contribution in [0.1, 0.15) is 27.4 Å². The van der Waals surface area contributed by atoms with Crippen LogP contribution in [0.15, 0.2) is 34.8 Å². The van der Waals surface area contributed by atoms with Crippen molar-refractivity contribution < 1.29 is 33.0 Å². The number of hydrogen-bond donors (Lipinski definition) is 0. The number of hydrogen-bond acceptors (Lipinski definition) is 7. The van der Waals surface area contributed by atoms with Crippen LogP contribution in [0, 0.1) is 6.92 Å².